The van der Waals surface area contributed by atoms with Gasteiger partial charge in [0.2, 0.25) is 5.16 Å². The average molecular weight is 320 g/mol. The smallest absolute Gasteiger partial charge is 0.270 e. The molecule has 0 aliphatic heterocycles. The fraction of sp³-hybridized carbons (Fsp3) is 0.429. The van der Waals surface area contributed by atoms with Gasteiger partial charge in [0.05, 0.1) is 10.8 Å². The first kappa shape index (κ1) is 16.3. The summed E-state index contributed by atoms with van der Waals surface area (Å²) >= 11 is 0. The van der Waals surface area contributed by atoms with E-state index in [0.29, 0.717) is 37.2 Å². The van der Waals surface area contributed by atoms with Crippen LogP contribution in [0.4, 0.5) is 0 Å². The largest absolute Gasteiger partial charge is 0.382 e. The second-order valence-corrected chi connectivity index (χ2v) is 5.84. The van der Waals surface area contributed by atoms with Gasteiger partial charge < -0.3 is 4.74 Å². The van der Waals surface area contributed by atoms with Crippen molar-refractivity contribution in [2.75, 3.05) is 19.5 Å². The number of hydrogen-bond acceptors (Lipinski definition) is 6. The Hall–Kier alpha value is -2.11. The minimum absolute atomic E-state index is 0.0397. The van der Waals surface area contributed by atoms with Crippen LogP contribution in [0, 0.1) is 11.3 Å². The molecule has 1 atom stereocenters. The molecule has 2 rings (SSSR count). The number of rotatable bonds is 6. The van der Waals surface area contributed by atoms with Crippen LogP contribution in [0.3, 0.4) is 0 Å². The van der Waals surface area contributed by atoms with Crippen LogP contribution in [-0.2, 0) is 22.1 Å². The van der Waals surface area contributed by atoms with Gasteiger partial charge in [0.25, 0.3) is 5.56 Å². The van der Waals surface area contributed by atoms with Crippen molar-refractivity contribution in [2.24, 2.45) is 0 Å². The summed E-state index contributed by atoms with van der Waals surface area (Å²) in [6, 6.07) is 3.34. The van der Waals surface area contributed by atoms with Crippen molar-refractivity contribution in [3.8, 4) is 6.07 Å². The van der Waals surface area contributed by atoms with E-state index in [9.17, 15) is 9.00 Å². The zero-order chi connectivity index (χ0) is 16.1. The number of fused-ring (bicyclic) bond motifs is 1. The Balaban J connectivity index is 2.55. The molecule has 7 nitrogen and oxygen atoms in total. The molecule has 0 amide bonds. The van der Waals surface area contributed by atoms with Gasteiger partial charge in [0.15, 0.2) is 0 Å². The minimum Gasteiger partial charge on any atom is -0.382 e. The number of pyridine rings is 1. The van der Waals surface area contributed by atoms with Crippen molar-refractivity contribution in [3.63, 3.8) is 0 Å². The van der Waals surface area contributed by atoms with Crippen LogP contribution >= 0.6 is 0 Å². The Kier molecular flexibility index (Phi) is 5.35. The summed E-state index contributed by atoms with van der Waals surface area (Å²) in [5, 5.41) is 9.81. The highest BCUT2D eigenvalue weighted by molar-refractivity contribution is 7.84. The van der Waals surface area contributed by atoms with E-state index >= 15 is 0 Å². The predicted molar refractivity (Wildman–Crippen MR) is 82.0 cm³/mol. The number of ether oxygens (including phenoxy) is 1. The Bertz CT molecular complexity index is 810. The molecule has 2 aromatic heterocycles. The molecule has 0 saturated heterocycles. The van der Waals surface area contributed by atoms with Crippen LogP contribution in [0.15, 0.2) is 22.2 Å². The third-order valence-corrected chi connectivity index (χ3v) is 3.77. The van der Waals surface area contributed by atoms with Crippen LogP contribution in [0.2, 0.25) is 0 Å². The molecule has 0 fully saturated rings. The van der Waals surface area contributed by atoms with E-state index in [2.05, 4.69) is 9.97 Å². The molecule has 0 N–H and O–H groups in total. The topological polar surface area (TPSA) is 97.9 Å². The van der Waals surface area contributed by atoms with E-state index in [1.54, 1.807) is 0 Å². The zero-order valence-corrected chi connectivity index (χ0v) is 13.2. The van der Waals surface area contributed by atoms with Gasteiger partial charge in [-0.3, -0.25) is 13.6 Å². The normalized spacial score (nSPS) is 12.2. The molecule has 0 saturated carbocycles. The summed E-state index contributed by atoms with van der Waals surface area (Å²) < 4.78 is 18.2. The maximum Gasteiger partial charge on any atom is 0.270 e. The molecular weight excluding hydrogens is 304 g/mol. The van der Waals surface area contributed by atoms with Crippen LogP contribution in [0.25, 0.3) is 11.0 Å². The van der Waals surface area contributed by atoms with Gasteiger partial charge in [0, 0.05) is 37.6 Å². The third kappa shape index (κ3) is 3.37. The fourth-order valence-corrected chi connectivity index (χ4v) is 2.45. The van der Waals surface area contributed by atoms with Gasteiger partial charge in [-0.25, -0.2) is 9.97 Å². The third-order valence-electron chi connectivity index (χ3n) is 3.06. The molecule has 2 heterocycles. The lowest BCUT2D eigenvalue weighted by atomic mass is 10.2. The monoisotopic (exact) mass is 320 g/mol. The van der Waals surface area contributed by atoms with Crippen LogP contribution in [0.5, 0.6) is 0 Å². The first-order chi connectivity index (χ1) is 10.6. The number of nitriles is 1. The highest BCUT2D eigenvalue weighted by Gasteiger charge is 2.12. The Morgan fingerprint density at radius 3 is 2.91 bits per heavy atom. The predicted octanol–water partition coefficient (Wildman–Crippen LogP) is 0.827. The molecule has 0 aromatic carbocycles. The highest BCUT2D eigenvalue weighted by atomic mass is 32.2. The van der Waals surface area contributed by atoms with Gasteiger partial charge in [-0.1, -0.05) is 0 Å². The summed E-state index contributed by atoms with van der Waals surface area (Å²) in [4.78, 5) is 20.5. The molecule has 116 valence electrons. The van der Waals surface area contributed by atoms with Gasteiger partial charge in [-0.15, -0.1) is 0 Å². The van der Waals surface area contributed by atoms with E-state index in [1.807, 2.05) is 13.0 Å². The van der Waals surface area contributed by atoms with Gasteiger partial charge in [0.1, 0.15) is 17.3 Å². The molecule has 22 heavy (non-hydrogen) atoms. The lowest BCUT2D eigenvalue weighted by molar-refractivity contribution is 0.141. The standard InChI is InChI=1S/C14H16N4O3S/c1-3-21-6-4-5-18-12-11(7-10(8-15)13(18)19)9-16-14(17-12)22(2)20/h7,9H,3-6H2,1-2H3. The lowest BCUT2D eigenvalue weighted by Gasteiger charge is -2.10. The Morgan fingerprint density at radius 2 is 2.27 bits per heavy atom. The lowest BCUT2D eigenvalue weighted by Crippen LogP contribution is -2.24. The minimum atomic E-state index is -1.34. The first-order valence-electron chi connectivity index (χ1n) is 6.80. The van der Waals surface area contributed by atoms with Crippen LogP contribution in [0.1, 0.15) is 18.9 Å². The van der Waals surface area contributed by atoms with Crippen molar-refractivity contribution < 1.29 is 8.95 Å². The summed E-state index contributed by atoms with van der Waals surface area (Å²) in [5.41, 5.74) is 0.0246. The van der Waals surface area contributed by atoms with Crippen molar-refractivity contribution in [1.82, 2.24) is 14.5 Å². The van der Waals surface area contributed by atoms with Crippen molar-refractivity contribution in [1.29, 1.82) is 5.26 Å². The van der Waals surface area contributed by atoms with Gasteiger partial charge in [-0.2, -0.15) is 5.26 Å². The summed E-state index contributed by atoms with van der Waals surface area (Å²) in [5.74, 6) is 0. The van der Waals surface area contributed by atoms with Crippen molar-refractivity contribution in [3.05, 3.63) is 28.2 Å². The second kappa shape index (κ2) is 7.24. The Labute approximate surface area is 130 Å². The summed E-state index contributed by atoms with van der Waals surface area (Å²) in [7, 11) is -1.34. The van der Waals surface area contributed by atoms with E-state index in [4.69, 9.17) is 10.00 Å². The number of aryl methyl sites for hydroxylation is 1. The van der Waals surface area contributed by atoms with Gasteiger partial charge in [-0.05, 0) is 19.4 Å². The molecule has 0 aliphatic carbocycles. The molecule has 0 bridgehead atoms. The molecule has 0 spiro atoms. The maximum atomic E-state index is 12.3. The molecule has 8 heteroatoms. The molecular formula is C14H16N4O3S. The Morgan fingerprint density at radius 1 is 1.50 bits per heavy atom. The molecule has 2 aromatic rings. The molecule has 1 unspecified atom stereocenters. The van der Waals surface area contributed by atoms with Gasteiger partial charge >= 0.3 is 0 Å². The average Bonchev–Trinajstić information content (AvgIpc) is 2.52. The zero-order valence-electron chi connectivity index (χ0n) is 12.4. The SMILES string of the molecule is CCOCCCn1c(=O)c(C#N)cc2cnc(S(C)=O)nc21. The second-order valence-electron chi connectivity index (χ2n) is 4.56. The quantitative estimate of drug-likeness (QED) is 0.577. The number of hydrogen-bond donors (Lipinski definition) is 0. The van der Waals surface area contributed by atoms with Crippen LogP contribution in [-0.4, -0.2) is 38.2 Å². The molecule has 0 radical (unpaired) electrons. The summed E-state index contributed by atoms with van der Waals surface area (Å²) in [6.07, 6.45) is 3.58. The summed E-state index contributed by atoms with van der Waals surface area (Å²) in [6.45, 7) is 3.39. The fourth-order valence-electron chi connectivity index (χ4n) is 2.04. The maximum absolute atomic E-state index is 12.3. The first-order valence-corrected chi connectivity index (χ1v) is 8.36. The van der Waals surface area contributed by atoms with Crippen molar-refractivity contribution >= 4 is 21.8 Å². The van der Waals surface area contributed by atoms with E-state index in [-0.39, 0.29) is 10.7 Å². The van der Waals surface area contributed by atoms with E-state index in [1.165, 1.54) is 23.1 Å². The number of nitrogens with zero attached hydrogens (tertiary/aromatic N) is 4. The molecule has 0 aliphatic rings. The van der Waals surface area contributed by atoms with E-state index < -0.39 is 16.4 Å². The number of aromatic nitrogens is 3. The van der Waals surface area contributed by atoms with Crippen molar-refractivity contribution in [2.45, 2.75) is 25.0 Å². The highest BCUT2D eigenvalue weighted by Crippen LogP contribution is 2.12. The van der Waals surface area contributed by atoms with Crippen LogP contribution < -0.4 is 5.56 Å². The van der Waals surface area contributed by atoms with E-state index in [0.717, 1.165) is 0 Å².